The number of carboxylic acid groups (broad SMARTS) is 1. The van der Waals surface area contributed by atoms with Crippen LogP contribution in [0, 0.1) is 0 Å². The van der Waals surface area contributed by atoms with Gasteiger partial charge in [-0.05, 0) is 18.2 Å². The van der Waals surface area contributed by atoms with Crippen molar-refractivity contribution >= 4 is 5.97 Å². The zero-order valence-electron chi connectivity index (χ0n) is 7.73. The molecule has 0 atom stereocenters. The molecule has 0 heterocycles. The summed E-state index contributed by atoms with van der Waals surface area (Å²) in [5, 5.41) is 8.69. The van der Waals surface area contributed by atoms with E-state index in [-0.39, 0.29) is 5.56 Å². The van der Waals surface area contributed by atoms with Gasteiger partial charge in [0.2, 0.25) is 5.85 Å². The molecule has 5 N–H and O–H groups in total. The lowest BCUT2D eigenvalue weighted by molar-refractivity contribution is 0.0693. The summed E-state index contributed by atoms with van der Waals surface area (Å²) in [4.78, 5) is 10.6. The van der Waals surface area contributed by atoms with Gasteiger partial charge in [0.25, 0.3) is 0 Å². The van der Waals surface area contributed by atoms with Gasteiger partial charge in [-0.25, -0.2) is 4.79 Å². The molecule has 0 aromatic heterocycles. The molecule has 14 heavy (non-hydrogen) atoms. The molecule has 0 aliphatic rings. The Bertz CT molecular complexity index is 344. The monoisotopic (exact) mass is 196 g/mol. The molecular formula is C9H12N2O3. The molecule has 1 rings (SSSR count). The number of benzene rings is 1. The third kappa shape index (κ3) is 3.04. The Balaban J connectivity index is 2.89. The highest BCUT2D eigenvalue weighted by Gasteiger charge is 2.13. The second-order valence-corrected chi connectivity index (χ2v) is 3.12. The molecule has 5 nitrogen and oxygen atoms in total. The van der Waals surface area contributed by atoms with Crippen LogP contribution in [-0.4, -0.2) is 16.9 Å². The SMILES string of the molecule is CC(N)(N)Oc1cccc(C(=O)O)c1. The standard InChI is InChI=1S/C9H12N2O3/c1-9(10,11)14-7-4-2-3-6(5-7)8(12)13/h2-5H,10-11H2,1H3,(H,12,13). The van der Waals surface area contributed by atoms with Crippen LogP contribution in [0.25, 0.3) is 0 Å². The average Bonchev–Trinajstić information content (AvgIpc) is 2.01. The maximum absolute atomic E-state index is 10.6. The molecule has 0 unspecified atom stereocenters. The van der Waals surface area contributed by atoms with Crippen molar-refractivity contribution in [1.82, 2.24) is 0 Å². The first-order chi connectivity index (χ1) is 6.38. The summed E-state index contributed by atoms with van der Waals surface area (Å²) < 4.78 is 5.08. The fourth-order valence-electron chi connectivity index (χ4n) is 0.947. The normalized spacial score (nSPS) is 11.1. The predicted molar refractivity (Wildman–Crippen MR) is 50.8 cm³/mol. The number of carbonyl (C=O) groups is 1. The fraction of sp³-hybridized carbons (Fsp3) is 0.222. The van der Waals surface area contributed by atoms with E-state index in [0.29, 0.717) is 5.75 Å². The Labute approximate surface area is 81.3 Å². The number of nitrogens with two attached hydrogens (primary N) is 2. The summed E-state index contributed by atoms with van der Waals surface area (Å²) in [6.07, 6.45) is 0. The van der Waals surface area contributed by atoms with E-state index in [9.17, 15) is 4.79 Å². The van der Waals surface area contributed by atoms with E-state index >= 15 is 0 Å². The van der Waals surface area contributed by atoms with Crippen LogP contribution in [0.4, 0.5) is 0 Å². The number of ether oxygens (including phenoxy) is 1. The second kappa shape index (κ2) is 3.65. The van der Waals surface area contributed by atoms with Crippen LogP contribution in [0.3, 0.4) is 0 Å². The topological polar surface area (TPSA) is 98.6 Å². The number of carboxylic acids is 1. The summed E-state index contributed by atoms with van der Waals surface area (Å²) in [6.45, 7) is 1.47. The summed E-state index contributed by atoms with van der Waals surface area (Å²) in [7, 11) is 0. The van der Waals surface area contributed by atoms with Gasteiger partial charge in [-0.3, -0.25) is 11.5 Å². The molecule has 0 aliphatic carbocycles. The van der Waals surface area contributed by atoms with Crippen LogP contribution in [0.15, 0.2) is 24.3 Å². The number of hydrogen-bond donors (Lipinski definition) is 3. The van der Waals surface area contributed by atoms with Gasteiger partial charge in [-0.2, -0.15) is 0 Å². The van der Waals surface area contributed by atoms with Crippen molar-refractivity contribution in [1.29, 1.82) is 0 Å². The van der Waals surface area contributed by atoms with Crippen molar-refractivity contribution < 1.29 is 14.6 Å². The molecule has 0 saturated carbocycles. The molecule has 0 spiro atoms. The van der Waals surface area contributed by atoms with Crippen molar-refractivity contribution in [2.24, 2.45) is 11.5 Å². The molecule has 0 aliphatic heterocycles. The van der Waals surface area contributed by atoms with Gasteiger partial charge in [0.05, 0.1) is 5.56 Å². The van der Waals surface area contributed by atoms with Gasteiger partial charge in [0, 0.05) is 6.92 Å². The van der Waals surface area contributed by atoms with Crippen molar-refractivity contribution in [3.63, 3.8) is 0 Å². The van der Waals surface area contributed by atoms with E-state index in [1.807, 2.05) is 0 Å². The minimum absolute atomic E-state index is 0.131. The minimum Gasteiger partial charge on any atom is -0.478 e. The van der Waals surface area contributed by atoms with E-state index in [0.717, 1.165) is 0 Å². The first-order valence-corrected chi connectivity index (χ1v) is 3.98. The number of rotatable bonds is 3. The van der Waals surface area contributed by atoms with E-state index in [1.54, 1.807) is 12.1 Å². The Kier molecular flexibility index (Phi) is 2.73. The van der Waals surface area contributed by atoms with Crippen LogP contribution >= 0.6 is 0 Å². The van der Waals surface area contributed by atoms with Gasteiger partial charge in [-0.1, -0.05) is 6.07 Å². The zero-order valence-corrected chi connectivity index (χ0v) is 7.73. The molecule has 1 aromatic rings. The first kappa shape index (κ1) is 10.5. The van der Waals surface area contributed by atoms with Gasteiger partial charge in [-0.15, -0.1) is 0 Å². The smallest absolute Gasteiger partial charge is 0.335 e. The summed E-state index contributed by atoms with van der Waals surface area (Å²) in [6, 6.07) is 5.97. The van der Waals surface area contributed by atoms with E-state index < -0.39 is 11.8 Å². The van der Waals surface area contributed by atoms with Crippen molar-refractivity contribution in [2.75, 3.05) is 0 Å². The van der Waals surface area contributed by atoms with Crippen LogP contribution in [-0.2, 0) is 0 Å². The Morgan fingerprint density at radius 3 is 2.64 bits per heavy atom. The van der Waals surface area contributed by atoms with Crippen LogP contribution < -0.4 is 16.2 Å². The Hall–Kier alpha value is -1.59. The molecule has 5 heteroatoms. The second-order valence-electron chi connectivity index (χ2n) is 3.12. The predicted octanol–water partition coefficient (Wildman–Crippen LogP) is 0.355. The lowest BCUT2D eigenvalue weighted by Crippen LogP contribution is -2.51. The van der Waals surface area contributed by atoms with Crippen LogP contribution in [0.5, 0.6) is 5.75 Å². The molecule has 0 saturated heterocycles. The van der Waals surface area contributed by atoms with Crippen LogP contribution in [0.1, 0.15) is 17.3 Å². The first-order valence-electron chi connectivity index (χ1n) is 3.98. The quantitative estimate of drug-likeness (QED) is 0.606. The third-order valence-corrected chi connectivity index (χ3v) is 1.42. The zero-order chi connectivity index (χ0) is 10.8. The fourth-order valence-corrected chi connectivity index (χ4v) is 0.947. The molecule has 76 valence electrons. The Morgan fingerprint density at radius 1 is 1.50 bits per heavy atom. The molecule has 0 amide bonds. The number of aromatic carboxylic acids is 1. The maximum atomic E-state index is 10.6. The van der Waals surface area contributed by atoms with Crippen molar-refractivity contribution in [3.05, 3.63) is 29.8 Å². The molecular weight excluding hydrogens is 184 g/mol. The average molecular weight is 196 g/mol. The maximum Gasteiger partial charge on any atom is 0.335 e. The minimum atomic E-state index is -1.31. The van der Waals surface area contributed by atoms with Crippen molar-refractivity contribution in [2.45, 2.75) is 12.8 Å². The van der Waals surface area contributed by atoms with Gasteiger partial charge in [0.1, 0.15) is 5.75 Å². The molecule has 0 radical (unpaired) electrons. The highest BCUT2D eigenvalue weighted by atomic mass is 16.5. The lowest BCUT2D eigenvalue weighted by atomic mass is 10.2. The Morgan fingerprint density at radius 2 is 2.14 bits per heavy atom. The molecule has 1 aromatic carbocycles. The van der Waals surface area contributed by atoms with Crippen molar-refractivity contribution in [3.8, 4) is 5.75 Å². The molecule has 0 fully saturated rings. The largest absolute Gasteiger partial charge is 0.478 e. The lowest BCUT2D eigenvalue weighted by Gasteiger charge is -2.20. The van der Waals surface area contributed by atoms with E-state index in [4.69, 9.17) is 21.3 Å². The summed E-state index contributed by atoms with van der Waals surface area (Å²) >= 11 is 0. The van der Waals surface area contributed by atoms with Crippen LogP contribution in [0.2, 0.25) is 0 Å². The van der Waals surface area contributed by atoms with Gasteiger partial charge < -0.3 is 9.84 Å². The summed E-state index contributed by atoms with van der Waals surface area (Å²) in [5.41, 5.74) is 10.9. The van der Waals surface area contributed by atoms with Gasteiger partial charge >= 0.3 is 5.97 Å². The molecule has 0 bridgehead atoms. The third-order valence-electron chi connectivity index (χ3n) is 1.42. The highest BCUT2D eigenvalue weighted by Crippen LogP contribution is 2.15. The van der Waals surface area contributed by atoms with Gasteiger partial charge in [0.15, 0.2) is 0 Å². The van der Waals surface area contributed by atoms with E-state index in [2.05, 4.69) is 0 Å². The highest BCUT2D eigenvalue weighted by molar-refractivity contribution is 5.87. The van der Waals surface area contributed by atoms with E-state index in [1.165, 1.54) is 19.1 Å². The summed E-state index contributed by atoms with van der Waals surface area (Å²) in [5.74, 6) is -2.00. The number of hydrogen-bond acceptors (Lipinski definition) is 4.